The number of hydrogen-bond donors (Lipinski definition) is 1. The molecule has 35 heavy (non-hydrogen) atoms. The molecule has 0 saturated heterocycles. The fourth-order valence-corrected chi connectivity index (χ4v) is 3.17. The van der Waals surface area contributed by atoms with Crippen molar-refractivity contribution in [2.75, 3.05) is 6.54 Å². The molecule has 0 radical (unpaired) electrons. The Morgan fingerprint density at radius 3 is 2.14 bits per heavy atom. The average Bonchev–Trinajstić information content (AvgIpc) is 3.27. The number of hydrogen-bond acceptors (Lipinski definition) is 4. The van der Waals surface area contributed by atoms with E-state index in [-0.39, 0.29) is 11.8 Å². The molecule has 1 amide bonds. The maximum Gasteiger partial charge on any atom is 0.416 e. The predicted octanol–water partition coefficient (Wildman–Crippen LogP) is 7.28. The molecule has 1 unspecified atom stereocenters. The number of benzene rings is 2. The van der Waals surface area contributed by atoms with Gasteiger partial charge in [-0.1, -0.05) is 51.5 Å². The summed E-state index contributed by atoms with van der Waals surface area (Å²) in [5, 5.41) is 10.7. The van der Waals surface area contributed by atoms with Gasteiger partial charge in [0.15, 0.2) is 0 Å². The van der Waals surface area contributed by atoms with Crippen molar-refractivity contribution in [1.29, 1.82) is 0 Å². The van der Waals surface area contributed by atoms with E-state index in [4.69, 9.17) is 4.42 Å². The van der Waals surface area contributed by atoms with E-state index in [2.05, 4.69) is 15.5 Å². The number of rotatable bonds is 6. The largest absolute Gasteiger partial charge is 0.421 e. The Balaban J connectivity index is 0.000000354. The molecule has 1 N–H and O–H groups in total. The Bertz CT molecular complexity index is 1040. The Kier molecular flexibility index (Phi) is 12.2. The molecule has 5 nitrogen and oxygen atoms in total. The van der Waals surface area contributed by atoms with Crippen LogP contribution in [0.15, 0.2) is 46.9 Å². The van der Waals surface area contributed by atoms with Crippen LogP contribution in [-0.4, -0.2) is 22.6 Å². The molecular weight excluding hydrogens is 455 g/mol. The van der Waals surface area contributed by atoms with Gasteiger partial charge in [0.2, 0.25) is 17.7 Å². The number of aromatic nitrogens is 2. The third-order valence-corrected chi connectivity index (χ3v) is 5.08. The summed E-state index contributed by atoms with van der Waals surface area (Å²) in [6.07, 6.45) is -2.44. The lowest BCUT2D eigenvalue weighted by molar-refractivity contribution is -0.137. The topological polar surface area (TPSA) is 68.0 Å². The van der Waals surface area contributed by atoms with Crippen LogP contribution in [0.5, 0.6) is 0 Å². The number of nitrogens with one attached hydrogen (secondary N) is 1. The minimum atomic E-state index is -4.22. The van der Waals surface area contributed by atoms with Gasteiger partial charge in [-0.3, -0.25) is 4.79 Å². The molecule has 0 saturated carbocycles. The summed E-state index contributed by atoms with van der Waals surface area (Å²) < 4.78 is 41.8. The predicted molar refractivity (Wildman–Crippen MR) is 133 cm³/mol. The van der Waals surface area contributed by atoms with Crippen LogP contribution >= 0.6 is 0 Å². The van der Waals surface area contributed by atoms with Crippen molar-refractivity contribution in [1.82, 2.24) is 15.5 Å². The molecule has 3 aromatic rings. The lowest BCUT2D eigenvalue weighted by atomic mass is 9.96. The van der Waals surface area contributed by atoms with Crippen molar-refractivity contribution in [3.8, 4) is 11.5 Å². The Morgan fingerprint density at radius 2 is 1.66 bits per heavy atom. The first kappa shape index (κ1) is 29.9. The van der Waals surface area contributed by atoms with Crippen molar-refractivity contribution < 1.29 is 22.4 Å². The summed E-state index contributed by atoms with van der Waals surface area (Å²) in [4.78, 5) is 11.9. The van der Waals surface area contributed by atoms with E-state index < -0.39 is 11.7 Å². The lowest BCUT2D eigenvalue weighted by Crippen LogP contribution is -2.27. The molecule has 0 aliphatic rings. The summed E-state index contributed by atoms with van der Waals surface area (Å²) in [7, 11) is 0. The Labute approximate surface area is 206 Å². The fourth-order valence-electron chi connectivity index (χ4n) is 3.17. The van der Waals surface area contributed by atoms with Crippen LogP contribution in [0.2, 0.25) is 0 Å². The van der Waals surface area contributed by atoms with E-state index in [1.807, 2.05) is 59.7 Å². The normalized spacial score (nSPS) is 11.5. The van der Waals surface area contributed by atoms with E-state index in [9.17, 15) is 18.0 Å². The molecule has 2 aromatic carbocycles. The van der Waals surface area contributed by atoms with Crippen molar-refractivity contribution in [2.24, 2.45) is 0 Å². The zero-order valence-electron chi connectivity index (χ0n) is 21.6. The first-order valence-electron chi connectivity index (χ1n) is 11.9. The van der Waals surface area contributed by atoms with E-state index in [0.29, 0.717) is 18.3 Å². The lowest BCUT2D eigenvalue weighted by Gasteiger charge is -2.13. The highest BCUT2D eigenvalue weighted by Crippen LogP contribution is 2.29. The Hall–Kier alpha value is -3.16. The van der Waals surface area contributed by atoms with Gasteiger partial charge in [0.25, 0.3) is 0 Å². The maximum absolute atomic E-state index is 12.1. The van der Waals surface area contributed by atoms with E-state index >= 15 is 0 Å². The number of halogens is 3. The fraction of sp³-hybridized carbons (Fsp3) is 0.444. The molecule has 1 aromatic heterocycles. The molecule has 0 bridgehead atoms. The summed E-state index contributed by atoms with van der Waals surface area (Å²) in [5.41, 5.74) is 3.23. The van der Waals surface area contributed by atoms with Gasteiger partial charge in [0.05, 0.1) is 11.5 Å². The zero-order valence-corrected chi connectivity index (χ0v) is 21.6. The highest BCUT2D eigenvalue weighted by atomic mass is 19.4. The number of carbonyl (C=O) groups excluding carboxylic acids is 1. The molecule has 0 aliphatic carbocycles. The molecule has 3 rings (SSSR count). The van der Waals surface area contributed by atoms with Gasteiger partial charge in [-0.15, -0.1) is 10.2 Å². The van der Waals surface area contributed by atoms with Gasteiger partial charge in [0.1, 0.15) is 0 Å². The first-order chi connectivity index (χ1) is 16.6. The molecule has 8 heteroatoms. The summed E-state index contributed by atoms with van der Waals surface area (Å²) in [6.45, 7) is 14.2. The van der Waals surface area contributed by atoms with Crippen LogP contribution in [0.4, 0.5) is 13.2 Å². The molecule has 0 spiro atoms. The van der Waals surface area contributed by atoms with Crippen LogP contribution in [0.3, 0.4) is 0 Å². The van der Waals surface area contributed by atoms with Crippen LogP contribution in [0.1, 0.15) is 75.1 Å². The number of carbonyl (C=O) groups is 1. The second kappa shape index (κ2) is 14.3. The van der Waals surface area contributed by atoms with Crippen molar-refractivity contribution >= 4 is 5.91 Å². The minimum Gasteiger partial charge on any atom is -0.421 e. The highest BCUT2D eigenvalue weighted by molar-refractivity contribution is 5.83. The summed E-state index contributed by atoms with van der Waals surface area (Å²) in [5.74, 6) is 0.828. The number of aryl methyl sites for hydroxylation is 3. The van der Waals surface area contributed by atoms with E-state index in [1.165, 1.54) is 12.1 Å². The molecular formula is C27H36F3N3O2. The number of nitrogens with zero attached hydrogens (tertiary/aromatic N) is 2. The zero-order chi connectivity index (χ0) is 26.6. The van der Waals surface area contributed by atoms with Crippen LogP contribution < -0.4 is 5.32 Å². The van der Waals surface area contributed by atoms with Crippen molar-refractivity contribution in [3.63, 3.8) is 0 Å². The quantitative estimate of drug-likeness (QED) is 0.393. The summed E-state index contributed by atoms with van der Waals surface area (Å²) >= 11 is 0. The molecule has 1 atom stereocenters. The summed E-state index contributed by atoms with van der Waals surface area (Å²) in [6, 6.07) is 11.2. The minimum absolute atomic E-state index is 0.0176. The molecule has 192 valence electrons. The number of amides is 1. The SMILES string of the molecule is CC.CCCc1ccc(C(F)(F)F)cc1.CCNC(=O)C(C)c1ccc(C)c(-c2nnc(C)o2)c1. The van der Waals surface area contributed by atoms with Gasteiger partial charge in [0, 0.05) is 19.0 Å². The first-order valence-corrected chi connectivity index (χ1v) is 11.9. The van der Waals surface area contributed by atoms with E-state index in [0.717, 1.165) is 47.2 Å². The third-order valence-electron chi connectivity index (χ3n) is 5.08. The van der Waals surface area contributed by atoms with E-state index in [1.54, 1.807) is 6.92 Å². The number of alkyl halides is 3. The van der Waals surface area contributed by atoms with Gasteiger partial charge in [-0.2, -0.15) is 13.2 Å². The van der Waals surface area contributed by atoms with Crippen LogP contribution in [0, 0.1) is 13.8 Å². The molecule has 0 aliphatic heterocycles. The third kappa shape index (κ3) is 9.19. The maximum atomic E-state index is 12.1. The second-order valence-electron chi connectivity index (χ2n) is 7.76. The smallest absolute Gasteiger partial charge is 0.416 e. The molecule has 1 heterocycles. The van der Waals surface area contributed by atoms with Gasteiger partial charge < -0.3 is 9.73 Å². The van der Waals surface area contributed by atoms with Crippen LogP contribution in [0.25, 0.3) is 11.5 Å². The number of likely N-dealkylation sites (N-methyl/N-ethyl adjacent to an activating group) is 1. The van der Waals surface area contributed by atoms with Crippen molar-refractivity contribution in [3.05, 3.63) is 70.6 Å². The van der Waals surface area contributed by atoms with Gasteiger partial charge in [-0.25, -0.2) is 0 Å². The van der Waals surface area contributed by atoms with Crippen LogP contribution in [-0.2, 0) is 17.4 Å². The Morgan fingerprint density at radius 1 is 1.03 bits per heavy atom. The van der Waals surface area contributed by atoms with Gasteiger partial charge in [-0.05, 0) is 62.1 Å². The van der Waals surface area contributed by atoms with Crippen molar-refractivity contribution in [2.45, 2.75) is 73.4 Å². The second-order valence-corrected chi connectivity index (χ2v) is 7.76. The highest BCUT2D eigenvalue weighted by Gasteiger charge is 2.29. The monoisotopic (exact) mass is 491 g/mol. The van der Waals surface area contributed by atoms with Gasteiger partial charge >= 0.3 is 6.18 Å². The average molecular weight is 492 g/mol. The standard InChI is InChI=1S/C15H19N3O2.C10H11F3.C2H6/c1-5-16-14(19)10(3)12-7-6-9(2)13(8-12)15-18-17-11(4)20-15;1-2-3-8-4-6-9(7-5-8)10(11,12)13;1-2/h6-8,10H,5H2,1-4H3,(H,16,19);4-7H,2-3H2,1H3;1-2H3. The molecule has 0 fully saturated rings.